The van der Waals surface area contributed by atoms with Crippen LogP contribution >= 0.6 is 0 Å². The Morgan fingerprint density at radius 1 is 1.28 bits per heavy atom. The van der Waals surface area contributed by atoms with Crippen LogP contribution in [0.25, 0.3) is 22.2 Å². The maximum Gasteiger partial charge on any atom is 0.222 e. The molecule has 0 saturated heterocycles. The number of furan rings is 1. The summed E-state index contributed by atoms with van der Waals surface area (Å²) in [6.45, 7) is 1.89. The van der Waals surface area contributed by atoms with Gasteiger partial charge in [-0.2, -0.15) is 0 Å². The lowest BCUT2D eigenvalue weighted by atomic mass is 10.1. The van der Waals surface area contributed by atoms with Gasteiger partial charge in [0.15, 0.2) is 11.3 Å². The van der Waals surface area contributed by atoms with Crippen molar-refractivity contribution in [2.75, 3.05) is 12.8 Å². The molecule has 0 fully saturated rings. The number of rotatable bonds is 2. The Morgan fingerprint density at radius 2 is 2.11 bits per heavy atom. The van der Waals surface area contributed by atoms with Crippen molar-refractivity contribution in [1.82, 2.24) is 5.16 Å². The minimum absolute atomic E-state index is 0.286. The van der Waals surface area contributed by atoms with Crippen molar-refractivity contribution in [3.8, 4) is 17.0 Å². The highest BCUT2D eigenvalue weighted by Gasteiger charge is 2.15. The van der Waals surface area contributed by atoms with Gasteiger partial charge in [-0.15, -0.1) is 0 Å². The zero-order valence-electron chi connectivity index (χ0n) is 10.1. The van der Waals surface area contributed by atoms with Crippen LogP contribution in [-0.2, 0) is 0 Å². The molecule has 0 amide bonds. The molecular weight excluding hydrogens is 232 g/mol. The zero-order valence-corrected chi connectivity index (χ0v) is 10.1. The lowest BCUT2D eigenvalue weighted by Gasteiger charge is -2.03. The van der Waals surface area contributed by atoms with E-state index in [0.29, 0.717) is 17.0 Å². The second kappa shape index (κ2) is 3.80. The van der Waals surface area contributed by atoms with Crippen LogP contribution in [0, 0.1) is 6.92 Å². The number of hydrogen-bond donors (Lipinski definition) is 1. The molecule has 0 bridgehead atoms. The van der Waals surface area contributed by atoms with Crippen molar-refractivity contribution in [1.29, 1.82) is 0 Å². The molecule has 5 nitrogen and oxygen atoms in total. The fraction of sp³-hybridized carbons (Fsp3) is 0.154. The van der Waals surface area contributed by atoms with Gasteiger partial charge in [0.1, 0.15) is 11.5 Å². The summed E-state index contributed by atoms with van der Waals surface area (Å²) < 4.78 is 15.8. The first kappa shape index (κ1) is 10.7. The largest absolute Gasteiger partial charge is 0.493 e. The Balaban J connectivity index is 2.30. The maximum atomic E-state index is 5.64. The number of nitrogen functional groups attached to an aromatic ring is 1. The van der Waals surface area contributed by atoms with Gasteiger partial charge >= 0.3 is 0 Å². The van der Waals surface area contributed by atoms with Crippen LogP contribution in [0.3, 0.4) is 0 Å². The Kier molecular flexibility index (Phi) is 2.26. The molecule has 0 spiro atoms. The predicted molar refractivity (Wildman–Crippen MR) is 67.4 cm³/mol. The van der Waals surface area contributed by atoms with E-state index >= 15 is 0 Å². The van der Waals surface area contributed by atoms with E-state index in [0.717, 1.165) is 16.7 Å². The van der Waals surface area contributed by atoms with E-state index in [1.165, 1.54) is 0 Å². The van der Waals surface area contributed by atoms with E-state index in [1.54, 1.807) is 13.2 Å². The highest BCUT2D eigenvalue weighted by molar-refractivity contribution is 5.96. The number of aryl methyl sites for hydroxylation is 1. The Bertz CT molecular complexity index is 712. The third-order valence-corrected chi connectivity index (χ3v) is 2.79. The van der Waals surface area contributed by atoms with Crippen LogP contribution in [0.15, 0.2) is 33.2 Å². The quantitative estimate of drug-likeness (QED) is 0.750. The minimum Gasteiger partial charge on any atom is -0.493 e. The van der Waals surface area contributed by atoms with Crippen LogP contribution in [-0.4, -0.2) is 12.3 Å². The Morgan fingerprint density at radius 3 is 2.78 bits per heavy atom. The fourth-order valence-corrected chi connectivity index (χ4v) is 2.02. The molecule has 0 aliphatic rings. The molecule has 2 heterocycles. The van der Waals surface area contributed by atoms with E-state index in [9.17, 15) is 0 Å². The molecule has 0 saturated carbocycles. The van der Waals surface area contributed by atoms with Crippen LogP contribution in [0.2, 0.25) is 0 Å². The van der Waals surface area contributed by atoms with Gasteiger partial charge in [0, 0.05) is 17.0 Å². The van der Waals surface area contributed by atoms with E-state index < -0.39 is 0 Å². The van der Waals surface area contributed by atoms with Gasteiger partial charge in [-0.3, -0.25) is 0 Å². The highest BCUT2D eigenvalue weighted by Crippen LogP contribution is 2.36. The van der Waals surface area contributed by atoms with E-state index in [1.807, 2.05) is 25.1 Å². The van der Waals surface area contributed by atoms with Gasteiger partial charge in [-0.1, -0.05) is 5.16 Å². The molecule has 0 aliphatic carbocycles. The summed E-state index contributed by atoms with van der Waals surface area (Å²) in [5.41, 5.74) is 7.83. The molecule has 3 aromatic rings. The molecular formula is C13H12N2O3. The van der Waals surface area contributed by atoms with Crippen molar-refractivity contribution in [3.05, 3.63) is 30.0 Å². The van der Waals surface area contributed by atoms with Crippen molar-refractivity contribution in [3.63, 3.8) is 0 Å². The Hall–Kier alpha value is -2.43. The number of aromatic nitrogens is 1. The van der Waals surface area contributed by atoms with Crippen LogP contribution in [0.5, 0.6) is 5.75 Å². The van der Waals surface area contributed by atoms with Gasteiger partial charge < -0.3 is 19.4 Å². The topological polar surface area (TPSA) is 74.4 Å². The first-order chi connectivity index (χ1) is 8.69. The van der Waals surface area contributed by atoms with Gasteiger partial charge in [-0.05, 0) is 25.1 Å². The fourth-order valence-electron chi connectivity index (χ4n) is 2.02. The number of ether oxygens (including phenoxy) is 1. The van der Waals surface area contributed by atoms with E-state index in [2.05, 4.69) is 5.16 Å². The number of hydrogen-bond acceptors (Lipinski definition) is 5. The number of nitrogens with two attached hydrogens (primary N) is 1. The van der Waals surface area contributed by atoms with Gasteiger partial charge in [0.05, 0.1) is 7.11 Å². The standard InChI is InChI=1S/C13H12N2O3/c1-7-5-9-8(10-6-12(14)18-15-10)3-4-11(16-2)13(9)17-7/h3-6H,14H2,1-2H3. The van der Waals surface area contributed by atoms with Gasteiger partial charge in [0.25, 0.3) is 0 Å². The number of methoxy groups -OCH3 is 1. The lowest BCUT2D eigenvalue weighted by Crippen LogP contribution is -1.85. The Labute approximate surface area is 103 Å². The summed E-state index contributed by atoms with van der Waals surface area (Å²) in [5, 5.41) is 4.85. The minimum atomic E-state index is 0.286. The van der Waals surface area contributed by atoms with E-state index in [-0.39, 0.29) is 5.88 Å². The van der Waals surface area contributed by atoms with Crippen molar-refractivity contribution in [2.24, 2.45) is 0 Å². The SMILES string of the molecule is COc1ccc(-c2cc(N)on2)c2cc(C)oc12. The summed E-state index contributed by atoms with van der Waals surface area (Å²) in [6, 6.07) is 7.38. The summed E-state index contributed by atoms with van der Waals surface area (Å²) >= 11 is 0. The van der Waals surface area contributed by atoms with E-state index in [4.69, 9.17) is 19.4 Å². The third kappa shape index (κ3) is 1.52. The van der Waals surface area contributed by atoms with Crippen molar-refractivity contribution >= 4 is 16.9 Å². The average molecular weight is 244 g/mol. The van der Waals surface area contributed by atoms with Crippen LogP contribution in [0.1, 0.15) is 5.76 Å². The lowest BCUT2D eigenvalue weighted by molar-refractivity contribution is 0.409. The molecule has 0 atom stereocenters. The molecule has 92 valence electrons. The van der Waals surface area contributed by atoms with Gasteiger partial charge in [0.2, 0.25) is 5.88 Å². The molecule has 1 aromatic carbocycles. The smallest absolute Gasteiger partial charge is 0.222 e. The van der Waals surface area contributed by atoms with Crippen molar-refractivity contribution in [2.45, 2.75) is 6.92 Å². The monoisotopic (exact) mass is 244 g/mol. The molecule has 0 aliphatic heterocycles. The van der Waals surface area contributed by atoms with Crippen molar-refractivity contribution < 1.29 is 13.7 Å². The molecule has 2 N–H and O–H groups in total. The summed E-state index contributed by atoms with van der Waals surface area (Å²) in [5.74, 6) is 1.79. The maximum absolute atomic E-state index is 5.64. The number of benzene rings is 1. The summed E-state index contributed by atoms with van der Waals surface area (Å²) in [4.78, 5) is 0. The highest BCUT2D eigenvalue weighted by atomic mass is 16.5. The number of fused-ring (bicyclic) bond motifs is 1. The molecule has 18 heavy (non-hydrogen) atoms. The zero-order chi connectivity index (χ0) is 12.7. The second-order valence-corrected chi connectivity index (χ2v) is 4.03. The molecule has 5 heteroatoms. The normalized spacial score (nSPS) is 11.0. The van der Waals surface area contributed by atoms with Crippen LogP contribution in [0.4, 0.5) is 5.88 Å². The number of nitrogens with zero attached hydrogens (tertiary/aromatic N) is 1. The first-order valence-corrected chi connectivity index (χ1v) is 5.48. The average Bonchev–Trinajstić information content (AvgIpc) is 2.93. The third-order valence-electron chi connectivity index (χ3n) is 2.79. The molecule has 0 radical (unpaired) electrons. The predicted octanol–water partition coefficient (Wildman–Crippen LogP) is 2.99. The summed E-state index contributed by atoms with van der Waals surface area (Å²) in [7, 11) is 1.61. The molecule has 2 aromatic heterocycles. The first-order valence-electron chi connectivity index (χ1n) is 5.48. The van der Waals surface area contributed by atoms with Gasteiger partial charge in [-0.25, -0.2) is 0 Å². The van der Waals surface area contributed by atoms with Crippen LogP contribution < -0.4 is 10.5 Å². The second-order valence-electron chi connectivity index (χ2n) is 4.03. The number of anilines is 1. The summed E-state index contributed by atoms with van der Waals surface area (Å²) in [6.07, 6.45) is 0. The molecule has 0 unspecified atom stereocenters. The molecule has 3 rings (SSSR count).